The van der Waals surface area contributed by atoms with Gasteiger partial charge in [-0.3, -0.25) is 0 Å². The molecule has 0 saturated carbocycles. The molecule has 0 radical (unpaired) electrons. The van der Waals surface area contributed by atoms with Crippen molar-refractivity contribution in [3.05, 3.63) is 34.9 Å². The summed E-state index contributed by atoms with van der Waals surface area (Å²) in [5, 5.41) is 8.19. The first-order valence-corrected chi connectivity index (χ1v) is 6.02. The smallest absolute Gasteiger partial charge is 0.168 e. The highest BCUT2D eigenvalue weighted by Crippen LogP contribution is 2.29. The molecule has 1 aromatic carbocycles. The quantitative estimate of drug-likeness (QED) is 0.802. The average Bonchev–Trinajstić information content (AvgIpc) is 2.71. The Morgan fingerprint density at radius 1 is 1.35 bits per heavy atom. The van der Waals surface area contributed by atoms with Gasteiger partial charge >= 0.3 is 0 Å². The molecule has 0 aliphatic heterocycles. The SMILES string of the molecule is CCn1c(CCl)nnc1-c1c(F)cccc1Cl. The lowest BCUT2D eigenvalue weighted by molar-refractivity contribution is 0.626. The van der Waals surface area contributed by atoms with Gasteiger partial charge in [0.1, 0.15) is 11.6 Å². The number of aromatic nitrogens is 3. The second kappa shape index (κ2) is 5.02. The van der Waals surface area contributed by atoms with E-state index < -0.39 is 5.82 Å². The fourth-order valence-corrected chi connectivity index (χ4v) is 2.11. The van der Waals surface area contributed by atoms with Gasteiger partial charge in [-0.2, -0.15) is 0 Å². The van der Waals surface area contributed by atoms with E-state index in [1.165, 1.54) is 6.07 Å². The van der Waals surface area contributed by atoms with Crippen molar-refractivity contribution >= 4 is 23.2 Å². The standard InChI is InChI=1S/C11H10Cl2FN3/c1-2-17-9(6-12)15-16-11(17)10-7(13)4-3-5-8(10)14/h3-5H,2,6H2,1H3. The van der Waals surface area contributed by atoms with Gasteiger partial charge in [-0.1, -0.05) is 17.7 Å². The van der Waals surface area contributed by atoms with E-state index in [4.69, 9.17) is 23.2 Å². The first-order valence-electron chi connectivity index (χ1n) is 5.11. The Morgan fingerprint density at radius 3 is 2.71 bits per heavy atom. The molecule has 0 atom stereocenters. The minimum Gasteiger partial charge on any atom is -0.310 e. The monoisotopic (exact) mass is 273 g/mol. The molecule has 0 N–H and O–H groups in total. The molecule has 0 fully saturated rings. The van der Waals surface area contributed by atoms with Crippen LogP contribution in [-0.2, 0) is 12.4 Å². The van der Waals surface area contributed by atoms with Gasteiger partial charge < -0.3 is 4.57 Å². The van der Waals surface area contributed by atoms with Crippen molar-refractivity contribution in [2.75, 3.05) is 0 Å². The first-order chi connectivity index (χ1) is 8.19. The third kappa shape index (κ3) is 2.15. The molecular weight excluding hydrogens is 264 g/mol. The molecule has 0 aliphatic rings. The highest BCUT2D eigenvalue weighted by Gasteiger charge is 2.18. The van der Waals surface area contributed by atoms with Gasteiger partial charge in [-0.15, -0.1) is 21.8 Å². The second-order valence-electron chi connectivity index (χ2n) is 3.41. The van der Waals surface area contributed by atoms with E-state index in [-0.39, 0.29) is 11.4 Å². The highest BCUT2D eigenvalue weighted by atomic mass is 35.5. The summed E-state index contributed by atoms with van der Waals surface area (Å²) in [7, 11) is 0. The van der Waals surface area contributed by atoms with Crippen LogP contribution in [0.15, 0.2) is 18.2 Å². The normalized spacial score (nSPS) is 10.8. The summed E-state index contributed by atoms with van der Waals surface area (Å²) in [6, 6.07) is 4.52. The summed E-state index contributed by atoms with van der Waals surface area (Å²) < 4.78 is 15.5. The van der Waals surface area contributed by atoms with Crippen molar-refractivity contribution in [1.29, 1.82) is 0 Å². The lowest BCUT2D eigenvalue weighted by atomic mass is 10.2. The van der Waals surface area contributed by atoms with E-state index >= 15 is 0 Å². The number of hydrogen-bond acceptors (Lipinski definition) is 2. The Hall–Kier alpha value is -1.13. The van der Waals surface area contributed by atoms with Crippen molar-refractivity contribution in [3.63, 3.8) is 0 Å². The Labute approximate surface area is 108 Å². The van der Waals surface area contributed by atoms with Crippen LogP contribution in [0, 0.1) is 5.82 Å². The molecule has 1 aromatic heterocycles. The van der Waals surface area contributed by atoms with E-state index in [0.29, 0.717) is 23.2 Å². The Bertz CT molecular complexity index is 519. The molecule has 0 amide bonds. The van der Waals surface area contributed by atoms with Gasteiger partial charge in [0.05, 0.1) is 16.5 Å². The van der Waals surface area contributed by atoms with Crippen LogP contribution in [0.1, 0.15) is 12.7 Å². The molecule has 6 heteroatoms. The van der Waals surface area contributed by atoms with Crippen LogP contribution in [0.4, 0.5) is 4.39 Å². The minimum atomic E-state index is -0.416. The maximum atomic E-state index is 13.8. The molecule has 2 aromatic rings. The van der Waals surface area contributed by atoms with Crippen molar-refractivity contribution < 1.29 is 4.39 Å². The Balaban J connectivity index is 2.64. The predicted octanol–water partition coefficient (Wildman–Crippen LogP) is 3.50. The average molecular weight is 274 g/mol. The number of benzene rings is 1. The Morgan fingerprint density at radius 2 is 2.12 bits per heavy atom. The molecule has 2 rings (SSSR count). The van der Waals surface area contributed by atoms with E-state index in [0.717, 1.165) is 0 Å². The maximum Gasteiger partial charge on any atom is 0.168 e. The fourth-order valence-electron chi connectivity index (χ4n) is 1.66. The minimum absolute atomic E-state index is 0.229. The van der Waals surface area contributed by atoms with Crippen LogP contribution in [-0.4, -0.2) is 14.8 Å². The van der Waals surface area contributed by atoms with Crippen molar-refractivity contribution in [2.24, 2.45) is 0 Å². The van der Waals surface area contributed by atoms with E-state index in [2.05, 4.69) is 10.2 Å². The van der Waals surface area contributed by atoms with Gasteiger partial charge in [0.25, 0.3) is 0 Å². The zero-order chi connectivity index (χ0) is 12.4. The second-order valence-corrected chi connectivity index (χ2v) is 4.09. The van der Waals surface area contributed by atoms with E-state index in [1.807, 2.05) is 6.92 Å². The number of nitrogens with zero attached hydrogens (tertiary/aromatic N) is 3. The molecular formula is C11H10Cl2FN3. The molecule has 0 bridgehead atoms. The lowest BCUT2D eigenvalue weighted by Gasteiger charge is -2.08. The van der Waals surface area contributed by atoms with Gasteiger partial charge in [-0.05, 0) is 19.1 Å². The molecule has 0 saturated heterocycles. The third-order valence-corrected chi connectivity index (χ3v) is 3.00. The zero-order valence-corrected chi connectivity index (χ0v) is 10.6. The maximum absolute atomic E-state index is 13.8. The van der Waals surface area contributed by atoms with Crippen LogP contribution in [0.25, 0.3) is 11.4 Å². The topological polar surface area (TPSA) is 30.7 Å². The molecule has 90 valence electrons. The number of hydrogen-bond donors (Lipinski definition) is 0. The summed E-state index contributed by atoms with van der Waals surface area (Å²) in [6.07, 6.45) is 0. The first kappa shape index (κ1) is 12.3. The Kier molecular flexibility index (Phi) is 3.64. The van der Waals surface area contributed by atoms with Gasteiger partial charge in [0, 0.05) is 6.54 Å². The summed E-state index contributed by atoms with van der Waals surface area (Å²) in [5.74, 6) is 0.822. The van der Waals surface area contributed by atoms with Crippen LogP contribution < -0.4 is 0 Å². The molecule has 0 aliphatic carbocycles. The predicted molar refractivity (Wildman–Crippen MR) is 65.7 cm³/mol. The highest BCUT2D eigenvalue weighted by molar-refractivity contribution is 6.33. The summed E-state index contributed by atoms with van der Waals surface area (Å²) in [5.41, 5.74) is 0.264. The number of halogens is 3. The van der Waals surface area contributed by atoms with Crippen molar-refractivity contribution in [2.45, 2.75) is 19.3 Å². The molecule has 1 heterocycles. The van der Waals surface area contributed by atoms with Gasteiger partial charge in [-0.25, -0.2) is 4.39 Å². The van der Waals surface area contributed by atoms with Crippen LogP contribution in [0.2, 0.25) is 5.02 Å². The third-order valence-electron chi connectivity index (χ3n) is 2.45. The summed E-state index contributed by atoms with van der Waals surface area (Å²) in [6.45, 7) is 2.52. The van der Waals surface area contributed by atoms with Crippen molar-refractivity contribution in [1.82, 2.24) is 14.8 Å². The number of alkyl halides is 1. The van der Waals surface area contributed by atoms with Crippen LogP contribution in [0.3, 0.4) is 0 Å². The molecule has 0 unspecified atom stereocenters. The van der Waals surface area contributed by atoms with E-state index in [1.54, 1.807) is 16.7 Å². The van der Waals surface area contributed by atoms with Crippen LogP contribution in [0.5, 0.6) is 0 Å². The van der Waals surface area contributed by atoms with Gasteiger partial charge in [0.2, 0.25) is 0 Å². The van der Waals surface area contributed by atoms with Gasteiger partial charge in [0.15, 0.2) is 5.82 Å². The van der Waals surface area contributed by atoms with Crippen LogP contribution >= 0.6 is 23.2 Å². The molecule has 0 spiro atoms. The largest absolute Gasteiger partial charge is 0.310 e. The molecule has 17 heavy (non-hydrogen) atoms. The summed E-state index contributed by atoms with van der Waals surface area (Å²) in [4.78, 5) is 0. The van der Waals surface area contributed by atoms with Crippen molar-refractivity contribution in [3.8, 4) is 11.4 Å². The zero-order valence-electron chi connectivity index (χ0n) is 9.12. The summed E-state index contributed by atoms with van der Waals surface area (Å²) >= 11 is 11.7. The molecule has 3 nitrogen and oxygen atoms in total. The number of rotatable bonds is 3. The lowest BCUT2D eigenvalue weighted by Crippen LogP contribution is -2.03. The van der Waals surface area contributed by atoms with E-state index in [9.17, 15) is 4.39 Å². The fraction of sp³-hybridized carbons (Fsp3) is 0.273.